The van der Waals surface area contributed by atoms with Gasteiger partial charge in [-0.05, 0) is 40.5 Å². The van der Waals surface area contributed by atoms with Crippen LogP contribution in [0, 0.1) is 5.82 Å². The lowest BCUT2D eigenvalue weighted by atomic mass is 10.0. The Morgan fingerprint density at radius 1 is 1.47 bits per heavy atom. The summed E-state index contributed by atoms with van der Waals surface area (Å²) in [5.74, 6) is -0.305. The minimum Gasteiger partial charge on any atom is -0.320 e. The van der Waals surface area contributed by atoms with Crippen LogP contribution in [0.5, 0.6) is 0 Å². The second-order valence-electron chi connectivity index (χ2n) is 3.78. The number of benzene rings is 1. The van der Waals surface area contributed by atoms with Gasteiger partial charge in [0, 0.05) is 18.3 Å². The first kappa shape index (κ1) is 12.3. The van der Waals surface area contributed by atoms with Gasteiger partial charge in [0.2, 0.25) is 0 Å². The molecule has 0 aliphatic carbocycles. The van der Waals surface area contributed by atoms with Crippen LogP contribution in [0.1, 0.15) is 24.1 Å². The van der Waals surface area contributed by atoms with Crippen molar-refractivity contribution in [3.8, 4) is 0 Å². The number of aromatic nitrogens is 2. The van der Waals surface area contributed by atoms with Gasteiger partial charge in [0.15, 0.2) is 0 Å². The number of halogens is 2. The van der Waals surface area contributed by atoms with E-state index in [0.29, 0.717) is 4.47 Å². The molecular formula is C12H13BrFN3. The molecule has 1 heterocycles. The Morgan fingerprint density at radius 2 is 2.24 bits per heavy atom. The van der Waals surface area contributed by atoms with Gasteiger partial charge in [0.05, 0.1) is 16.7 Å². The van der Waals surface area contributed by atoms with Gasteiger partial charge >= 0.3 is 0 Å². The van der Waals surface area contributed by atoms with Crippen molar-refractivity contribution in [1.82, 2.24) is 9.78 Å². The van der Waals surface area contributed by atoms with Gasteiger partial charge in [0.1, 0.15) is 5.82 Å². The van der Waals surface area contributed by atoms with Gasteiger partial charge in [-0.2, -0.15) is 5.10 Å². The number of rotatable bonds is 3. The molecule has 2 aromatic rings. The fraction of sp³-hybridized carbons (Fsp3) is 0.250. The molecule has 3 nitrogen and oxygen atoms in total. The van der Waals surface area contributed by atoms with E-state index >= 15 is 0 Å². The molecule has 1 atom stereocenters. The highest BCUT2D eigenvalue weighted by Crippen LogP contribution is 2.23. The zero-order valence-electron chi connectivity index (χ0n) is 9.40. The highest BCUT2D eigenvalue weighted by atomic mass is 79.9. The lowest BCUT2D eigenvalue weighted by Gasteiger charge is -2.10. The quantitative estimate of drug-likeness (QED) is 0.947. The molecule has 0 spiro atoms. The van der Waals surface area contributed by atoms with Gasteiger partial charge in [-0.1, -0.05) is 6.07 Å². The minimum atomic E-state index is -0.349. The lowest BCUT2D eigenvalue weighted by Crippen LogP contribution is -2.11. The maximum atomic E-state index is 13.4. The van der Waals surface area contributed by atoms with E-state index in [-0.39, 0.29) is 11.9 Å². The SMILES string of the molecule is CCn1cc(C(N)c2ccc(Br)c(F)c2)cn1. The van der Waals surface area contributed by atoms with Gasteiger partial charge in [-0.15, -0.1) is 0 Å². The van der Waals surface area contributed by atoms with E-state index in [1.54, 1.807) is 23.0 Å². The van der Waals surface area contributed by atoms with Crippen LogP contribution in [-0.4, -0.2) is 9.78 Å². The van der Waals surface area contributed by atoms with Crippen LogP contribution in [0.3, 0.4) is 0 Å². The van der Waals surface area contributed by atoms with E-state index in [1.165, 1.54) is 6.07 Å². The zero-order chi connectivity index (χ0) is 12.4. The Labute approximate surface area is 108 Å². The van der Waals surface area contributed by atoms with Crippen LogP contribution in [0.4, 0.5) is 4.39 Å². The summed E-state index contributed by atoms with van der Waals surface area (Å²) in [6, 6.07) is 4.56. The predicted molar refractivity (Wildman–Crippen MR) is 68.0 cm³/mol. The minimum absolute atomic E-state index is 0.305. The topological polar surface area (TPSA) is 43.8 Å². The molecule has 0 saturated carbocycles. The molecule has 90 valence electrons. The Balaban J connectivity index is 2.29. The largest absolute Gasteiger partial charge is 0.320 e. The van der Waals surface area contributed by atoms with Crippen LogP contribution in [-0.2, 0) is 6.54 Å². The second-order valence-corrected chi connectivity index (χ2v) is 4.63. The first-order valence-electron chi connectivity index (χ1n) is 5.34. The maximum absolute atomic E-state index is 13.4. The number of hydrogen-bond acceptors (Lipinski definition) is 2. The van der Waals surface area contributed by atoms with E-state index in [1.807, 2.05) is 13.1 Å². The molecule has 0 fully saturated rings. The van der Waals surface area contributed by atoms with E-state index in [2.05, 4.69) is 21.0 Å². The average Bonchev–Trinajstić information content (AvgIpc) is 2.80. The average molecular weight is 298 g/mol. The summed E-state index contributed by atoms with van der Waals surface area (Å²) in [7, 11) is 0. The molecule has 2 rings (SSSR count). The van der Waals surface area contributed by atoms with Crippen molar-refractivity contribution in [2.24, 2.45) is 5.73 Å². The molecule has 1 aromatic heterocycles. The fourth-order valence-corrected chi connectivity index (χ4v) is 1.86. The van der Waals surface area contributed by atoms with Crippen LogP contribution >= 0.6 is 15.9 Å². The third kappa shape index (κ3) is 2.56. The second kappa shape index (κ2) is 4.98. The molecule has 0 bridgehead atoms. The van der Waals surface area contributed by atoms with Gasteiger partial charge in [0.25, 0.3) is 0 Å². The molecular weight excluding hydrogens is 285 g/mol. The Bertz CT molecular complexity index is 524. The molecule has 1 aromatic carbocycles. The fourth-order valence-electron chi connectivity index (χ4n) is 1.61. The molecule has 0 radical (unpaired) electrons. The van der Waals surface area contributed by atoms with Crippen molar-refractivity contribution in [2.45, 2.75) is 19.5 Å². The summed E-state index contributed by atoms with van der Waals surface area (Å²) < 4.78 is 15.6. The van der Waals surface area contributed by atoms with Crippen LogP contribution in [0.25, 0.3) is 0 Å². The van der Waals surface area contributed by atoms with Gasteiger partial charge in [-0.3, -0.25) is 4.68 Å². The Morgan fingerprint density at radius 3 is 2.82 bits per heavy atom. The molecule has 0 aliphatic rings. The lowest BCUT2D eigenvalue weighted by molar-refractivity contribution is 0.617. The molecule has 0 saturated heterocycles. The van der Waals surface area contributed by atoms with Crippen molar-refractivity contribution in [3.63, 3.8) is 0 Å². The van der Waals surface area contributed by atoms with E-state index in [0.717, 1.165) is 17.7 Å². The molecule has 0 amide bonds. The van der Waals surface area contributed by atoms with E-state index in [9.17, 15) is 4.39 Å². The predicted octanol–water partition coefficient (Wildman–Crippen LogP) is 2.85. The monoisotopic (exact) mass is 297 g/mol. The highest BCUT2D eigenvalue weighted by Gasteiger charge is 2.12. The van der Waals surface area contributed by atoms with E-state index in [4.69, 9.17) is 5.73 Å². The Kier molecular flexibility index (Phi) is 3.59. The van der Waals surface area contributed by atoms with Crippen molar-refractivity contribution in [1.29, 1.82) is 0 Å². The third-order valence-corrected chi connectivity index (χ3v) is 3.28. The maximum Gasteiger partial charge on any atom is 0.137 e. The zero-order valence-corrected chi connectivity index (χ0v) is 11.0. The summed E-state index contributed by atoms with van der Waals surface area (Å²) in [6.07, 6.45) is 3.60. The number of aryl methyl sites for hydroxylation is 1. The molecule has 0 aliphatic heterocycles. The molecule has 5 heteroatoms. The smallest absolute Gasteiger partial charge is 0.137 e. The standard InChI is InChI=1S/C12H13BrFN3/c1-2-17-7-9(6-16-17)12(15)8-3-4-10(13)11(14)5-8/h3-7,12H,2,15H2,1H3. The first-order valence-corrected chi connectivity index (χ1v) is 6.14. The van der Waals surface area contributed by atoms with Crippen molar-refractivity contribution in [2.75, 3.05) is 0 Å². The van der Waals surface area contributed by atoms with Crippen molar-refractivity contribution in [3.05, 3.63) is 52.0 Å². The van der Waals surface area contributed by atoms with Gasteiger partial charge < -0.3 is 5.73 Å². The summed E-state index contributed by atoms with van der Waals surface area (Å²) in [6.45, 7) is 2.79. The number of nitrogens with two attached hydrogens (primary N) is 1. The van der Waals surface area contributed by atoms with Gasteiger partial charge in [-0.25, -0.2) is 4.39 Å². The van der Waals surface area contributed by atoms with Crippen LogP contribution in [0.15, 0.2) is 35.1 Å². The van der Waals surface area contributed by atoms with Crippen LogP contribution in [0.2, 0.25) is 0 Å². The normalized spacial score (nSPS) is 12.7. The number of hydrogen-bond donors (Lipinski definition) is 1. The summed E-state index contributed by atoms with van der Waals surface area (Å²) in [5.41, 5.74) is 7.69. The third-order valence-electron chi connectivity index (χ3n) is 2.64. The highest BCUT2D eigenvalue weighted by molar-refractivity contribution is 9.10. The molecule has 1 unspecified atom stereocenters. The number of nitrogens with zero attached hydrogens (tertiary/aromatic N) is 2. The molecule has 17 heavy (non-hydrogen) atoms. The van der Waals surface area contributed by atoms with Crippen molar-refractivity contribution >= 4 is 15.9 Å². The summed E-state index contributed by atoms with van der Waals surface area (Å²) in [5, 5.41) is 4.15. The van der Waals surface area contributed by atoms with Crippen LogP contribution < -0.4 is 5.73 Å². The summed E-state index contributed by atoms with van der Waals surface area (Å²) in [4.78, 5) is 0. The van der Waals surface area contributed by atoms with Crippen molar-refractivity contribution < 1.29 is 4.39 Å². The van der Waals surface area contributed by atoms with E-state index < -0.39 is 0 Å². The first-order chi connectivity index (χ1) is 8.11. The molecule has 2 N–H and O–H groups in total. The summed E-state index contributed by atoms with van der Waals surface area (Å²) >= 11 is 3.12. The Hall–Kier alpha value is -1.20.